The lowest BCUT2D eigenvalue weighted by molar-refractivity contribution is -0.190. The summed E-state index contributed by atoms with van der Waals surface area (Å²) in [5.74, 6) is -1.65. The molecule has 2 aliphatic carbocycles. The number of piperidine rings is 1. The molecule has 1 N–H and O–H groups in total. The highest BCUT2D eigenvalue weighted by Crippen LogP contribution is 2.45. The number of aliphatic hydroxyl groups excluding tert-OH is 1. The number of ketones is 1. The number of aliphatic imine (C=N–C) groups is 1. The van der Waals surface area contributed by atoms with Crippen molar-refractivity contribution < 1.29 is 23.1 Å². The van der Waals surface area contributed by atoms with E-state index in [-0.39, 0.29) is 24.5 Å². The third kappa shape index (κ3) is 3.42. The molecule has 0 unspecified atom stereocenters. The Labute approximate surface area is 171 Å². The standard InChI is InChI=1S/C21H23F3N4O2/c22-21(23,24)17-16-13(7-15(29)19(17)30)8-25-18(16)11-3-5-28(6-4-11)14-9-26-20(27-10-14)12-1-2-12/h9-12,17,19,30H,1-8H2/t17-,19+/m1/s1. The quantitative estimate of drug-likeness (QED) is 0.814. The van der Waals surface area contributed by atoms with Crippen LogP contribution in [0.1, 0.15) is 43.8 Å². The van der Waals surface area contributed by atoms with Crippen molar-refractivity contribution in [2.45, 2.75) is 50.3 Å². The second-order valence-electron chi connectivity index (χ2n) is 8.66. The Morgan fingerprint density at radius 1 is 1.03 bits per heavy atom. The van der Waals surface area contributed by atoms with E-state index in [0.29, 0.717) is 43.1 Å². The Balaban J connectivity index is 1.30. The number of anilines is 1. The van der Waals surface area contributed by atoms with Crippen LogP contribution in [0.15, 0.2) is 28.5 Å². The normalized spacial score (nSPS) is 28.1. The van der Waals surface area contributed by atoms with Crippen molar-refractivity contribution in [1.82, 2.24) is 9.97 Å². The van der Waals surface area contributed by atoms with E-state index in [0.717, 1.165) is 24.4 Å². The van der Waals surface area contributed by atoms with E-state index < -0.39 is 24.0 Å². The van der Waals surface area contributed by atoms with Crippen molar-refractivity contribution >= 4 is 17.2 Å². The van der Waals surface area contributed by atoms with Crippen molar-refractivity contribution in [1.29, 1.82) is 0 Å². The zero-order chi connectivity index (χ0) is 21.0. The Bertz CT molecular complexity index is 913. The lowest BCUT2D eigenvalue weighted by Crippen LogP contribution is -2.46. The third-order valence-electron chi connectivity index (χ3n) is 6.64. The van der Waals surface area contributed by atoms with Crippen molar-refractivity contribution in [2.75, 3.05) is 24.5 Å². The smallest absolute Gasteiger partial charge is 0.384 e. The van der Waals surface area contributed by atoms with Crippen LogP contribution in [0.25, 0.3) is 0 Å². The molecule has 160 valence electrons. The average Bonchev–Trinajstić information content (AvgIpc) is 3.49. The minimum atomic E-state index is -4.68. The molecule has 0 bridgehead atoms. The van der Waals surface area contributed by atoms with Crippen LogP contribution in [-0.2, 0) is 4.79 Å². The zero-order valence-electron chi connectivity index (χ0n) is 16.4. The summed E-state index contributed by atoms with van der Waals surface area (Å²) < 4.78 is 41.1. The molecule has 30 heavy (non-hydrogen) atoms. The monoisotopic (exact) mass is 420 g/mol. The van der Waals surface area contributed by atoms with Gasteiger partial charge in [-0.2, -0.15) is 13.2 Å². The third-order valence-corrected chi connectivity index (χ3v) is 6.64. The number of nitrogens with zero attached hydrogens (tertiary/aromatic N) is 4. The van der Waals surface area contributed by atoms with Crippen LogP contribution in [0.4, 0.5) is 18.9 Å². The molecule has 0 aromatic carbocycles. The molecule has 1 aromatic heterocycles. The largest absolute Gasteiger partial charge is 0.398 e. The highest BCUT2D eigenvalue weighted by molar-refractivity contribution is 6.08. The van der Waals surface area contributed by atoms with Gasteiger partial charge in [-0.3, -0.25) is 9.79 Å². The number of halogens is 3. The fourth-order valence-electron chi connectivity index (χ4n) is 4.87. The fraction of sp³-hybridized carbons (Fsp3) is 0.619. The fourth-order valence-corrected chi connectivity index (χ4v) is 4.87. The van der Waals surface area contributed by atoms with Gasteiger partial charge in [0.1, 0.15) is 17.8 Å². The zero-order valence-corrected chi connectivity index (χ0v) is 16.4. The first-order valence-electron chi connectivity index (χ1n) is 10.4. The van der Waals surface area contributed by atoms with Gasteiger partial charge < -0.3 is 10.0 Å². The Morgan fingerprint density at radius 3 is 2.30 bits per heavy atom. The van der Waals surface area contributed by atoms with Crippen molar-refractivity contribution in [2.24, 2.45) is 16.8 Å². The summed E-state index contributed by atoms with van der Waals surface area (Å²) in [5.41, 5.74) is 1.87. The number of Topliss-reactive ketones (excluding diaryl/α,β-unsaturated/α-hetero) is 1. The predicted molar refractivity (Wildman–Crippen MR) is 103 cm³/mol. The highest BCUT2D eigenvalue weighted by atomic mass is 19.4. The molecule has 4 aliphatic rings. The molecule has 2 fully saturated rings. The molecule has 9 heteroatoms. The first kappa shape index (κ1) is 19.7. The van der Waals surface area contributed by atoms with E-state index in [4.69, 9.17) is 0 Å². The number of aromatic nitrogens is 2. The van der Waals surface area contributed by atoms with Crippen LogP contribution in [-0.4, -0.2) is 58.5 Å². The average molecular weight is 420 g/mol. The van der Waals surface area contributed by atoms with Crippen LogP contribution < -0.4 is 4.90 Å². The number of hydrogen-bond donors (Lipinski definition) is 1. The van der Waals surface area contributed by atoms with E-state index in [9.17, 15) is 23.1 Å². The van der Waals surface area contributed by atoms with Gasteiger partial charge in [-0.05, 0) is 36.8 Å². The molecule has 1 aromatic rings. The summed E-state index contributed by atoms with van der Waals surface area (Å²) >= 11 is 0. The molecule has 1 saturated carbocycles. The first-order chi connectivity index (χ1) is 14.3. The number of hydrogen-bond acceptors (Lipinski definition) is 6. The van der Waals surface area contributed by atoms with E-state index in [2.05, 4.69) is 19.9 Å². The highest BCUT2D eigenvalue weighted by Gasteiger charge is 2.54. The minimum absolute atomic E-state index is 0.0742. The van der Waals surface area contributed by atoms with Gasteiger partial charge in [0.25, 0.3) is 0 Å². The van der Waals surface area contributed by atoms with Crippen LogP contribution in [0.2, 0.25) is 0 Å². The van der Waals surface area contributed by atoms with Gasteiger partial charge in [0.15, 0.2) is 5.78 Å². The number of carbonyl (C=O) groups is 1. The van der Waals surface area contributed by atoms with Crippen molar-refractivity contribution in [3.63, 3.8) is 0 Å². The Hall–Kier alpha value is -2.29. The SMILES string of the molecule is O=C1CC2=C(C(C3CCN(c4cnc(C5CC5)nc4)CC3)=NC2)[C@@H](C(F)(F)F)[C@H]1O. The summed E-state index contributed by atoms with van der Waals surface area (Å²) in [6.07, 6.45) is 0.419. The maximum atomic E-state index is 13.7. The van der Waals surface area contributed by atoms with Crippen molar-refractivity contribution in [3.8, 4) is 0 Å². The molecular weight excluding hydrogens is 397 g/mol. The number of aliphatic hydroxyl groups is 1. The molecule has 0 radical (unpaired) electrons. The topological polar surface area (TPSA) is 78.7 Å². The lowest BCUT2D eigenvalue weighted by atomic mass is 9.74. The summed E-state index contributed by atoms with van der Waals surface area (Å²) in [5, 5.41) is 10.0. The van der Waals surface area contributed by atoms with Crippen LogP contribution in [0.3, 0.4) is 0 Å². The van der Waals surface area contributed by atoms with Gasteiger partial charge in [0.2, 0.25) is 0 Å². The van der Waals surface area contributed by atoms with Crippen LogP contribution in [0, 0.1) is 11.8 Å². The number of rotatable bonds is 3. The van der Waals surface area contributed by atoms with E-state index >= 15 is 0 Å². The van der Waals surface area contributed by atoms with E-state index in [1.54, 1.807) is 0 Å². The summed E-state index contributed by atoms with van der Waals surface area (Å²) in [6.45, 7) is 1.49. The molecule has 0 spiro atoms. The second kappa shape index (κ2) is 7.14. The molecule has 5 rings (SSSR count). The molecule has 2 atom stereocenters. The van der Waals surface area contributed by atoms with Gasteiger partial charge in [-0.1, -0.05) is 0 Å². The second-order valence-corrected chi connectivity index (χ2v) is 8.66. The molecule has 0 amide bonds. The lowest BCUT2D eigenvalue weighted by Gasteiger charge is -2.36. The Kier molecular flexibility index (Phi) is 4.68. The van der Waals surface area contributed by atoms with Gasteiger partial charge in [-0.25, -0.2) is 9.97 Å². The summed E-state index contributed by atoms with van der Waals surface area (Å²) in [6, 6.07) is 0. The molecule has 3 heterocycles. The van der Waals surface area contributed by atoms with Crippen LogP contribution >= 0.6 is 0 Å². The van der Waals surface area contributed by atoms with E-state index in [1.165, 1.54) is 0 Å². The molecule has 2 aliphatic heterocycles. The maximum Gasteiger partial charge on any atom is 0.398 e. The van der Waals surface area contributed by atoms with Gasteiger partial charge in [0, 0.05) is 37.1 Å². The van der Waals surface area contributed by atoms with Gasteiger partial charge in [0.05, 0.1) is 24.6 Å². The van der Waals surface area contributed by atoms with Crippen molar-refractivity contribution in [3.05, 3.63) is 29.4 Å². The predicted octanol–water partition coefficient (Wildman–Crippen LogP) is 2.83. The van der Waals surface area contributed by atoms with Gasteiger partial charge in [-0.15, -0.1) is 0 Å². The molecule has 1 saturated heterocycles. The number of carbonyl (C=O) groups excluding carboxylic acids is 1. The maximum absolute atomic E-state index is 13.7. The summed E-state index contributed by atoms with van der Waals surface area (Å²) in [7, 11) is 0. The molecular formula is C21H23F3N4O2. The molecule has 6 nitrogen and oxygen atoms in total. The minimum Gasteiger partial charge on any atom is -0.384 e. The first-order valence-corrected chi connectivity index (χ1v) is 10.4. The van der Waals surface area contributed by atoms with Gasteiger partial charge >= 0.3 is 6.18 Å². The van der Waals surface area contributed by atoms with E-state index in [1.807, 2.05) is 12.4 Å². The number of alkyl halides is 3. The Morgan fingerprint density at radius 2 is 1.70 bits per heavy atom. The van der Waals surface area contributed by atoms with Crippen LogP contribution in [0.5, 0.6) is 0 Å². The summed E-state index contributed by atoms with van der Waals surface area (Å²) in [4.78, 5) is 27.4.